The standard InChI is InChI=1S/C20H23FN4O2/c21-16-6-4-14(5-7-16)8-23-10-15-11-24-18(17(15)12-23)22-25(20(27)19(24)26)9-13-2-1-3-13/h4-7,13,15,17H,1-3,8-12H2/t15-,17-/m1/s1. The van der Waals surface area contributed by atoms with Gasteiger partial charge in [0.25, 0.3) is 0 Å². The molecule has 0 radical (unpaired) electrons. The molecule has 7 heteroatoms. The summed E-state index contributed by atoms with van der Waals surface area (Å²) in [4.78, 5) is 27.3. The molecule has 0 unspecified atom stereocenters. The summed E-state index contributed by atoms with van der Waals surface area (Å²) < 4.78 is 16.1. The van der Waals surface area contributed by atoms with Crippen molar-refractivity contribution in [2.45, 2.75) is 44.8 Å². The second-order valence-electron chi connectivity index (χ2n) is 8.25. The number of halogens is 1. The summed E-state index contributed by atoms with van der Waals surface area (Å²) in [6.07, 6.45) is 3.43. The summed E-state index contributed by atoms with van der Waals surface area (Å²) in [6.45, 7) is 3.58. The fourth-order valence-electron chi connectivity index (χ4n) is 4.70. The Hall–Kier alpha value is -2.28. The van der Waals surface area contributed by atoms with E-state index < -0.39 is 11.1 Å². The largest absolute Gasteiger partial charge is 0.332 e. The van der Waals surface area contributed by atoms with Crippen LogP contribution in [0.1, 0.15) is 36.6 Å². The van der Waals surface area contributed by atoms with Crippen LogP contribution < -0.4 is 11.1 Å². The van der Waals surface area contributed by atoms with Gasteiger partial charge in [0.05, 0.1) is 0 Å². The van der Waals surface area contributed by atoms with Gasteiger partial charge in [0.15, 0.2) is 0 Å². The molecular weight excluding hydrogens is 347 g/mol. The minimum atomic E-state index is -0.478. The Morgan fingerprint density at radius 2 is 1.81 bits per heavy atom. The Kier molecular flexibility index (Phi) is 4.00. The lowest BCUT2D eigenvalue weighted by molar-refractivity contribution is 0.256. The van der Waals surface area contributed by atoms with E-state index in [-0.39, 0.29) is 11.7 Å². The first-order valence-electron chi connectivity index (χ1n) is 9.77. The number of nitrogens with zero attached hydrogens (tertiary/aromatic N) is 4. The maximum Gasteiger partial charge on any atom is 0.332 e. The smallest absolute Gasteiger partial charge is 0.298 e. The molecule has 0 amide bonds. The normalized spacial score (nSPS) is 24.6. The summed E-state index contributed by atoms with van der Waals surface area (Å²) in [5, 5.41) is 4.62. The topological polar surface area (TPSA) is 60.1 Å². The van der Waals surface area contributed by atoms with E-state index in [1.54, 1.807) is 4.57 Å². The van der Waals surface area contributed by atoms with Gasteiger partial charge in [0.2, 0.25) is 0 Å². The zero-order valence-corrected chi connectivity index (χ0v) is 15.2. The molecule has 0 bridgehead atoms. The van der Waals surface area contributed by atoms with Gasteiger partial charge in [-0.2, -0.15) is 5.10 Å². The van der Waals surface area contributed by atoms with E-state index in [2.05, 4.69) is 10.00 Å². The number of hydrogen-bond acceptors (Lipinski definition) is 4. The first-order chi connectivity index (χ1) is 13.1. The van der Waals surface area contributed by atoms with Gasteiger partial charge in [0.1, 0.15) is 11.6 Å². The lowest BCUT2D eigenvalue weighted by atomic mass is 9.85. The highest BCUT2D eigenvalue weighted by Gasteiger charge is 2.42. The predicted molar refractivity (Wildman–Crippen MR) is 98.0 cm³/mol. The van der Waals surface area contributed by atoms with E-state index in [1.165, 1.54) is 23.2 Å². The second-order valence-corrected chi connectivity index (χ2v) is 8.25. The monoisotopic (exact) mass is 370 g/mol. The molecule has 3 heterocycles. The number of aromatic nitrogens is 3. The van der Waals surface area contributed by atoms with Crippen molar-refractivity contribution in [1.29, 1.82) is 0 Å². The van der Waals surface area contributed by atoms with E-state index in [4.69, 9.17) is 0 Å². The van der Waals surface area contributed by atoms with Gasteiger partial charge in [-0.25, -0.2) is 9.07 Å². The Balaban J connectivity index is 1.37. The number of hydrogen-bond donors (Lipinski definition) is 0. The Labute approximate surface area is 156 Å². The third-order valence-corrected chi connectivity index (χ3v) is 6.40. The zero-order valence-electron chi connectivity index (χ0n) is 15.2. The summed E-state index contributed by atoms with van der Waals surface area (Å²) in [5.74, 6) is 1.52. The molecule has 6 nitrogen and oxygen atoms in total. The van der Waals surface area contributed by atoms with Gasteiger partial charge >= 0.3 is 11.1 Å². The number of rotatable bonds is 4. The highest BCUT2D eigenvalue weighted by atomic mass is 19.1. The number of likely N-dealkylation sites (tertiary alicyclic amines) is 1. The van der Waals surface area contributed by atoms with Crippen molar-refractivity contribution >= 4 is 0 Å². The lowest BCUT2D eigenvalue weighted by Crippen LogP contribution is -2.45. The molecule has 1 aromatic heterocycles. The molecule has 2 fully saturated rings. The first kappa shape index (κ1) is 16.9. The highest BCUT2D eigenvalue weighted by Crippen LogP contribution is 2.37. The van der Waals surface area contributed by atoms with Crippen molar-refractivity contribution < 1.29 is 4.39 Å². The van der Waals surface area contributed by atoms with Crippen molar-refractivity contribution in [1.82, 2.24) is 19.2 Å². The molecule has 2 aliphatic heterocycles. The molecule has 2 aromatic rings. The van der Waals surface area contributed by atoms with Crippen LogP contribution in [-0.2, 0) is 19.6 Å². The summed E-state index contributed by atoms with van der Waals surface area (Å²) in [5.41, 5.74) is 0.185. The van der Waals surface area contributed by atoms with Gasteiger partial charge in [-0.15, -0.1) is 0 Å². The van der Waals surface area contributed by atoms with Gasteiger partial charge in [-0.3, -0.25) is 19.1 Å². The second kappa shape index (κ2) is 6.41. The quantitative estimate of drug-likeness (QED) is 0.767. The number of benzene rings is 1. The van der Waals surface area contributed by atoms with Crippen LogP contribution in [0, 0.1) is 17.7 Å². The van der Waals surface area contributed by atoms with Crippen LogP contribution in [0.4, 0.5) is 4.39 Å². The molecular formula is C20H23FN4O2. The van der Waals surface area contributed by atoms with Gasteiger partial charge in [-0.05, 0) is 36.5 Å². The third kappa shape index (κ3) is 2.94. The fourth-order valence-corrected chi connectivity index (χ4v) is 4.70. The van der Waals surface area contributed by atoms with Gasteiger partial charge in [-0.1, -0.05) is 18.6 Å². The van der Waals surface area contributed by atoms with Crippen LogP contribution in [0.15, 0.2) is 33.9 Å². The molecule has 3 aliphatic rings. The van der Waals surface area contributed by atoms with Crippen molar-refractivity contribution in [2.75, 3.05) is 13.1 Å². The van der Waals surface area contributed by atoms with Crippen LogP contribution in [-0.4, -0.2) is 32.3 Å². The van der Waals surface area contributed by atoms with Crippen molar-refractivity contribution in [3.8, 4) is 0 Å². The highest BCUT2D eigenvalue weighted by molar-refractivity contribution is 5.18. The molecule has 27 heavy (non-hydrogen) atoms. The lowest BCUT2D eigenvalue weighted by Gasteiger charge is -2.25. The van der Waals surface area contributed by atoms with Crippen molar-refractivity contribution in [3.05, 3.63) is 62.2 Å². The maximum absolute atomic E-state index is 13.1. The summed E-state index contributed by atoms with van der Waals surface area (Å²) >= 11 is 0. The minimum Gasteiger partial charge on any atom is -0.298 e. The molecule has 1 saturated heterocycles. The van der Waals surface area contributed by atoms with Crippen LogP contribution in [0.5, 0.6) is 0 Å². The summed E-state index contributed by atoms with van der Waals surface area (Å²) in [6, 6.07) is 6.61. The SMILES string of the molecule is O=c1c(=O)n2c(nn1CC1CCC1)[C@@H]1CN(Cc3ccc(F)cc3)C[C@@H]1C2. The molecule has 1 aromatic carbocycles. The predicted octanol–water partition coefficient (Wildman–Crippen LogP) is 1.57. The molecule has 2 atom stereocenters. The van der Waals surface area contributed by atoms with E-state index in [0.717, 1.165) is 43.9 Å². The van der Waals surface area contributed by atoms with Gasteiger partial charge in [0, 0.05) is 44.6 Å². The van der Waals surface area contributed by atoms with Crippen LogP contribution in [0.2, 0.25) is 0 Å². The molecule has 0 spiro atoms. The molecule has 1 aliphatic carbocycles. The summed E-state index contributed by atoms with van der Waals surface area (Å²) in [7, 11) is 0. The molecule has 1 saturated carbocycles. The van der Waals surface area contributed by atoms with Gasteiger partial charge < -0.3 is 0 Å². The average Bonchev–Trinajstić information content (AvgIpc) is 3.15. The van der Waals surface area contributed by atoms with Crippen molar-refractivity contribution in [3.63, 3.8) is 0 Å². The van der Waals surface area contributed by atoms with E-state index >= 15 is 0 Å². The van der Waals surface area contributed by atoms with E-state index in [1.807, 2.05) is 12.1 Å². The first-order valence-corrected chi connectivity index (χ1v) is 9.77. The van der Waals surface area contributed by atoms with E-state index in [0.29, 0.717) is 24.9 Å². The minimum absolute atomic E-state index is 0.186. The Morgan fingerprint density at radius 3 is 2.52 bits per heavy atom. The zero-order chi connectivity index (χ0) is 18.5. The van der Waals surface area contributed by atoms with Crippen LogP contribution in [0.25, 0.3) is 0 Å². The van der Waals surface area contributed by atoms with E-state index in [9.17, 15) is 14.0 Å². The Morgan fingerprint density at radius 1 is 1.04 bits per heavy atom. The van der Waals surface area contributed by atoms with Crippen molar-refractivity contribution in [2.24, 2.45) is 11.8 Å². The van der Waals surface area contributed by atoms with Crippen LogP contribution >= 0.6 is 0 Å². The average molecular weight is 370 g/mol. The Bertz CT molecular complexity index is 977. The molecule has 142 valence electrons. The molecule has 5 rings (SSSR count). The third-order valence-electron chi connectivity index (χ3n) is 6.40. The number of fused-ring (bicyclic) bond motifs is 3. The molecule has 0 N–H and O–H groups in total. The van der Waals surface area contributed by atoms with Crippen LogP contribution in [0.3, 0.4) is 0 Å². The maximum atomic E-state index is 13.1. The fraction of sp³-hybridized carbons (Fsp3) is 0.550.